The smallest absolute Gasteiger partial charge is 0.353 e. The van der Waals surface area contributed by atoms with Gasteiger partial charge in [-0.05, 0) is 45.6 Å². The molecule has 0 spiro atoms. The van der Waals surface area contributed by atoms with E-state index in [2.05, 4.69) is 51.0 Å². The SMILES string of the molecule is CC(C)c1ccccc1-n1c(=O)nc(N2CCNCC2)c2cc(Cl)c(Br)cc21. The van der Waals surface area contributed by atoms with Crippen LogP contribution in [0.3, 0.4) is 0 Å². The van der Waals surface area contributed by atoms with Crippen molar-refractivity contribution in [3.63, 3.8) is 0 Å². The van der Waals surface area contributed by atoms with Crippen molar-refractivity contribution in [1.29, 1.82) is 0 Å². The molecule has 1 aromatic heterocycles. The summed E-state index contributed by atoms with van der Waals surface area (Å²) in [5, 5.41) is 4.83. The molecule has 1 saturated heterocycles. The number of hydrogen-bond donors (Lipinski definition) is 1. The summed E-state index contributed by atoms with van der Waals surface area (Å²) in [7, 11) is 0. The van der Waals surface area contributed by atoms with Gasteiger partial charge in [0.05, 0.1) is 16.2 Å². The highest BCUT2D eigenvalue weighted by molar-refractivity contribution is 9.10. The molecular weight excluding hydrogens is 440 g/mol. The predicted molar refractivity (Wildman–Crippen MR) is 119 cm³/mol. The van der Waals surface area contributed by atoms with E-state index in [0.717, 1.165) is 52.8 Å². The van der Waals surface area contributed by atoms with Crippen LogP contribution in [0.1, 0.15) is 25.3 Å². The molecule has 0 radical (unpaired) electrons. The topological polar surface area (TPSA) is 50.2 Å². The molecule has 1 fully saturated rings. The predicted octanol–water partition coefficient (Wildman–Crippen LogP) is 4.33. The zero-order valence-electron chi connectivity index (χ0n) is 15.9. The number of rotatable bonds is 3. The van der Waals surface area contributed by atoms with E-state index < -0.39 is 0 Å². The maximum absolute atomic E-state index is 13.2. The average Bonchev–Trinajstić information content (AvgIpc) is 2.69. The van der Waals surface area contributed by atoms with Gasteiger partial charge in [0.2, 0.25) is 0 Å². The van der Waals surface area contributed by atoms with Crippen LogP contribution in [0.2, 0.25) is 5.02 Å². The van der Waals surface area contributed by atoms with Crippen molar-refractivity contribution in [1.82, 2.24) is 14.9 Å². The third kappa shape index (κ3) is 3.45. The van der Waals surface area contributed by atoms with Gasteiger partial charge in [0.1, 0.15) is 5.82 Å². The molecule has 0 bridgehead atoms. The second kappa shape index (κ2) is 7.85. The Morgan fingerprint density at radius 3 is 2.61 bits per heavy atom. The first-order chi connectivity index (χ1) is 13.5. The van der Waals surface area contributed by atoms with Crippen molar-refractivity contribution in [3.8, 4) is 5.69 Å². The highest BCUT2D eigenvalue weighted by atomic mass is 79.9. The molecule has 5 nitrogen and oxygen atoms in total. The molecule has 2 heterocycles. The fourth-order valence-corrected chi connectivity index (χ4v) is 4.23. The van der Waals surface area contributed by atoms with Gasteiger partial charge in [0, 0.05) is 36.0 Å². The molecule has 0 amide bonds. The molecule has 3 aromatic rings. The summed E-state index contributed by atoms with van der Waals surface area (Å²) in [6.07, 6.45) is 0. The van der Waals surface area contributed by atoms with Crippen LogP contribution in [0.5, 0.6) is 0 Å². The van der Waals surface area contributed by atoms with Crippen molar-refractivity contribution in [2.75, 3.05) is 31.1 Å². The van der Waals surface area contributed by atoms with Gasteiger partial charge < -0.3 is 10.2 Å². The zero-order valence-corrected chi connectivity index (χ0v) is 18.2. The molecule has 1 aliphatic rings. The van der Waals surface area contributed by atoms with Gasteiger partial charge in [-0.3, -0.25) is 4.57 Å². The molecule has 146 valence electrons. The molecule has 0 saturated carbocycles. The Bertz CT molecular complexity index is 1090. The number of halogens is 2. The van der Waals surface area contributed by atoms with Crippen LogP contribution in [-0.2, 0) is 0 Å². The number of piperazine rings is 1. The van der Waals surface area contributed by atoms with E-state index in [1.165, 1.54) is 0 Å². The molecule has 0 aliphatic carbocycles. The number of aromatic nitrogens is 2. The van der Waals surface area contributed by atoms with Gasteiger partial charge in [0.15, 0.2) is 0 Å². The second-order valence-corrected chi connectivity index (χ2v) is 8.55. The van der Waals surface area contributed by atoms with E-state index >= 15 is 0 Å². The Hall–Kier alpha value is -1.89. The van der Waals surface area contributed by atoms with Crippen molar-refractivity contribution in [2.45, 2.75) is 19.8 Å². The van der Waals surface area contributed by atoms with Gasteiger partial charge in [0.25, 0.3) is 0 Å². The number of nitrogens with one attached hydrogen (secondary N) is 1. The standard InChI is InChI=1S/C21H22BrClN4O/c1-13(2)14-5-3-4-6-18(14)27-19-12-16(22)17(23)11-15(19)20(25-21(27)28)26-9-7-24-8-10-26/h3-6,11-13,24H,7-10H2,1-2H3. The van der Waals surface area contributed by atoms with E-state index in [-0.39, 0.29) is 11.6 Å². The monoisotopic (exact) mass is 460 g/mol. The van der Waals surface area contributed by atoms with Gasteiger partial charge >= 0.3 is 5.69 Å². The second-order valence-electron chi connectivity index (χ2n) is 7.29. The Morgan fingerprint density at radius 2 is 1.89 bits per heavy atom. The molecule has 4 rings (SSSR count). The van der Waals surface area contributed by atoms with E-state index in [0.29, 0.717) is 10.8 Å². The molecule has 1 aliphatic heterocycles. The normalized spacial score (nSPS) is 14.8. The van der Waals surface area contributed by atoms with E-state index in [1.54, 1.807) is 4.57 Å². The Balaban J connectivity index is 2.05. The van der Waals surface area contributed by atoms with Crippen LogP contribution >= 0.6 is 27.5 Å². The zero-order chi connectivity index (χ0) is 19.8. The third-order valence-electron chi connectivity index (χ3n) is 5.13. The first kappa shape index (κ1) is 19.4. The number of para-hydroxylation sites is 1. The van der Waals surface area contributed by atoms with Crippen LogP contribution in [0, 0.1) is 0 Å². The lowest BCUT2D eigenvalue weighted by atomic mass is 10.0. The largest absolute Gasteiger partial charge is 0.354 e. The number of anilines is 1. The quantitative estimate of drug-likeness (QED) is 0.630. The first-order valence-electron chi connectivity index (χ1n) is 9.44. The number of fused-ring (bicyclic) bond motifs is 1. The lowest BCUT2D eigenvalue weighted by molar-refractivity contribution is 0.585. The third-order valence-corrected chi connectivity index (χ3v) is 6.33. The minimum absolute atomic E-state index is 0.275. The highest BCUT2D eigenvalue weighted by Crippen LogP contribution is 2.34. The summed E-state index contributed by atoms with van der Waals surface area (Å²) in [6.45, 7) is 7.60. The minimum Gasteiger partial charge on any atom is -0.353 e. The van der Waals surface area contributed by atoms with Crippen molar-refractivity contribution < 1.29 is 0 Å². The Morgan fingerprint density at radius 1 is 1.18 bits per heavy atom. The summed E-state index contributed by atoms with van der Waals surface area (Å²) in [5.41, 5.74) is 2.50. The van der Waals surface area contributed by atoms with Crippen LogP contribution in [0.15, 0.2) is 45.7 Å². The van der Waals surface area contributed by atoms with E-state index in [9.17, 15) is 4.79 Å². The molecule has 28 heavy (non-hydrogen) atoms. The molecule has 0 unspecified atom stereocenters. The van der Waals surface area contributed by atoms with Crippen LogP contribution < -0.4 is 15.9 Å². The average molecular weight is 462 g/mol. The Kier molecular flexibility index (Phi) is 5.45. The van der Waals surface area contributed by atoms with E-state index in [4.69, 9.17) is 11.6 Å². The number of hydrogen-bond acceptors (Lipinski definition) is 4. The number of nitrogens with zero attached hydrogens (tertiary/aromatic N) is 3. The van der Waals surface area contributed by atoms with Crippen molar-refractivity contribution >= 4 is 44.3 Å². The van der Waals surface area contributed by atoms with Gasteiger partial charge in [-0.2, -0.15) is 4.98 Å². The molecule has 7 heteroatoms. The van der Waals surface area contributed by atoms with Gasteiger partial charge in [-0.25, -0.2) is 4.79 Å². The summed E-state index contributed by atoms with van der Waals surface area (Å²) in [6, 6.07) is 11.8. The van der Waals surface area contributed by atoms with Crippen LogP contribution in [-0.4, -0.2) is 35.7 Å². The molecule has 2 aromatic carbocycles. The molecule has 0 atom stereocenters. The van der Waals surface area contributed by atoms with Crippen molar-refractivity contribution in [2.24, 2.45) is 0 Å². The lowest BCUT2D eigenvalue weighted by Crippen LogP contribution is -2.44. The minimum atomic E-state index is -0.275. The number of benzene rings is 2. The summed E-state index contributed by atoms with van der Waals surface area (Å²) in [5.74, 6) is 0.982. The van der Waals surface area contributed by atoms with Crippen LogP contribution in [0.4, 0.5) is 5.82 Å². The summed E-state index contributed by atoms with van der Waals surface area (Å²) < 4.78 is 2.46. The summed E-state index contributed by atoms with van der Waals surface area (Å²) >= 11 is 9.95. The fraction of sp³-hybridized carbons (Fsp3) is 0.333. The highest BCUT2D eigenvalue weighted by Gasteiger charge is 2.21. The Labute approximate surface area is 177 Å². The fourth-order valence-electron chi connectivity index (χ4n) is 3.73. The van der Waals surface area contributed by atoms with Gasteiger partial charge in [-0.15, -0.1) is 0 Å². The molecular formula is C21H22BrClN4O. The maximum Gasteiger partial charge on any atom is 0.354 e. The lowest BCUT2D eigenvalue weighted by Gasteiger charge is -2.30. The van der Waals surface area contributed by atoms with Crippen molar-refractivity contribution in [3.05, 3.63) is 61.9 Å². The maximum atomic E-state index is 13.2. The van der Waals surface area contributed by atoms with E-state index in [1.807, 2.05) is 30.3 Å². The summed E-state index contributed by atoms with van der Waals surface area (Å²) in [4.78, 5) is 19.9. The van der Waals surface area contributed by atoms with Gasteiger partial charge in [-0.1, -0.05) is 43.6 Å². The van der Waals surface area contributed by atoms with Crippen LogP contribution in [0.25, 0.3) is 16.6 Å². The molecule has 1 N–H and O–H groups in total. The first-order valence-corrected chi connectivity index (χ1v) is 10.6.